The molecular formula is C20H19N5OS2. The molecule has 0 atom stereocenters. The van der Waals surface area contributed by atoms with Gasteiger partial charge in [0.15, 0.2) is 5.16 Å². The van der Waals surface area contributed by atoms with Crippen molar-refractivity contribution in [2.24, 2.45) is 0 Å². The first-order valence-corrected chi connectivity index (χ1v) is 10.7. The molecule has 0 bridgehead atoms. The molecule has 0 aliphatic heterocycles. The fourth-order valence-electron chi connectivity index (χ4n) is 2.78. The number of aryl methyl sites for hydroxylation is 2. The minimum Gasteiger partial charge on any atom is -0.351 e. The van der Waals surface area contributed by atoms with E-state index in [4.69, 9.17) is 0 Å². The Morgan fingerprint density at radius 3 is 2.89 bits per heavy atom. The van der Waals surface area contributed by atoms with Gasteiger partial charge in [0.25, 0.3) is 0 Å². The van der Waals surface area contributed by atoms with Gasteiger partial charge in [-0.3, -0.25) is 14.2 Å². The van der Waals surface area contributed by atoms with Crippen molar-refractivity contribution in [3.05, 3.63) is 64.8 Å². The van der Waals surface area contributed by atoms with Crippen LogP contribution >= 0.6 is 23.1 Å². The summed E-state index contributed by atoms with van der Waals surface area (Å²) < 4.78 is 2.02. The second-order valence-electron chi connectivity index (χ2n) is 6.45. The van der Waals surface area contributed by atoms with Crippen LogP contribution in [0.3, 0.4) is 0 Å². The minimum atomic E-state index is -0.0476. The summed E-state index contributed by atoms with van der Waals surface area (Å²) in [6.45, 7) is 4.68. The number of nitrogens with zero attached hydrogens (tertiary/aromatic N) is 4. The summed E-state index contributed by atoms with van der Waals surface area (Å²) in [5.41, 5.74) is 5.65. The van der Waals surface area contributed by atoms with Crippen LogP contribution in [0.2, 0.25) is 0 Å². The molecule has 4 aromatic rings. The Labute approximate surface area is 171 Å². The molecule has 0 aliphatic rings. The topological polar surface area (TPSA) is 72.2 Å². The summed E-state index contributed by atoms with van der Waals surface area (Å²) in [7, 11) is 0. The fourth-order valence-corrected chi connectivity index (χ4v) is 4.45. The summed E-state index contributed by atoms with van der Waals surface area (Å²) in [6.07, 6.45) is 3.46. The van der Waals surface area contributed by atoms with Crippen LogP contribution in [-0.4, -0.2) is 31.2 Å². The van der Waals surface area contributed by atoms with Crippen LogP contribution in [0.25, 0.3) is 16.2 Å². The van der Waals surface area contributed by atoms with Gasteiger partial charge in [-0.25, -0.2) is 0 Å². The van der Waals surface area contributed by atoms with Crippen LogP contribution in [0.15, 0.2) is 53.3 Å². The van der Waals surface area contributed by atoms with Crippen LogP contribution in [0.4, 0.5) is 0 Å². The third kappa shape index (κ3) is 3.93. The molecule has 28 heavy (non-hydrogen) atoms. The number of rotatable bonds is 6. The van der Waals surface area contributed by atoms with Crippen molar-refractivity contribution in [2.75, 3.05) is 5.75 Å². The summed E-state index contributed by atoms with van der Waals surface area (Å²) in [6, 6.07) is 10.2. The maximum absolute atomic E-state index is 12.2. The number of thiazole rings is 1. The molecule has 1 aromatic carbocycles. The Morgan fingerprint density at radius 1 is 1.21 bits per heavy atom. The molecule has 0 aliphatic carbocycles. The number of nitrogens with one attached hydrogen (secondary N) is 1. The second kappa shape index (κ2) is 8.12. The number of fused-ring (bicyclic) bond motifs is 1. The van der Waals surface area contributed by atoms with E-state index in [2.05, 4.69) is 57.9 Å². The fraction of sp³-hybridized carbons (Fsp3) is 0.200. The highest BCUT2D eigenvalue weighted by Crippen LogP contribution is 2.30. The standard InChI is InChI=1S/C20H19N5OS2/c1-13-5-6-16(8-14(13)2)17-11-27-19-23-24-20(25(17)19)28-12-18(26)22-10-15-4-3-7-21-9-15/h3-9,11H,10,12H2,1-2H3,(H,22,26). The lowest BCUT2D eigenvalue weighted by Gasteiger charge is -2.07. The average Bonchev–Trinajstić information content (AvgIpc) is 3.30. The smallest absolute Gasteiger partial charge is 0.230 e. The van der Waals surface area contributed by atoms with E-state index in [0.29, 0.717) is 6.54 Å². The summed E-state index contributed by atoms with van der Waals surface area (Å²) in [5, 5.41) is 14.2. The van der Waals surface area contributed by atoms with E-state index in [1.807, 2.05) is 16.5 Å². The maximum atomic E-state index is 12.2. The van der Waals surface area contributed by atoms with Crippen molar-refractivity contribution >= 4 is 34.0 Å². The number of thioether (sulfide) groups is 1. The zero-order chi connectivity index (χ0) is 19.5. The molecule has 142 valence electrons. The molecule has 8 heteroatoms. The number of pyridine rings is 1. The van der Waals surface area contributed by atoms with E-state index in [-0.39, 0.29) is 11.7 Å². The molecular weight excluding hydrogens is 390 g/mol. The quantitative estimate of drug-likeness (QED) is 0.489. The summed E-state index contributed by atoms with van der Waals surface area (Å²) in [5.74, 6) is 0.233. The third-order valence-corrected chi connectivity index (χ3v) is 6.21. The monoisotopic (exact) mass is 409 g/mol. The predicted octanol–water partition coefficient (Wildman–Crippen LogP) is 3.88. The van der Waals surface area contributed by atoms with Crippen molar-refractivity contribution in [3.8, 4) is 11.3 Å². The van der Waals surface area contributed by atoms with Gasteiger partial charge in [0.2, 0.25) is 10.9 Å². The number of carbonyl (C=O) groups is 1. The zero-order valence-electron chi connectivity index (χ0n) is 15.5. The van der Waals surface area contributed by atoms with Crippen molar-refractivity contribution < 1.29 is 4.79 Å². The molecule has 3 heterocycles. The van der Waals surface area contributed by atoms with Gasteiger partial charge in [-0.1, -0.05) is 30.0 Å². The molecule has 0 spiro atoms. The molecule has 6 nitrogen and oxygen atoms in total. The van der Waals surface area contributed by atoms with E-state index in [0.717, 1.165) is 26.9 Å². The number of amides is 1. The highest BCUT2D eigenvalue weighted by Gasteiger charge is 2.15. The highest BCUT2D eigenvalue weighted by molar-refractivity contribution is 7.99. The average molecular weight is 410 g/mol. The van der Waals surface area contributed by atoms with Crippen LogP contribution in [0.1, 0.15) is 16.7 Å². The van der Waals surface area contributed by atoms with Gasteiger partial charge in [-0.05, 0) is 48.2 Å². The van der Waals surface area contributed by atoms with Crippen LogP contribution in [-0.2, 0) is 11.3 Å². The van der Waals surface area contributed by atoms with Gasteiger partial charge in [-0.2, -0.15) is 0 Å². The first-order chi connectivity index (χ1) is 13.6. The van der Waals surface area contributed by atoms with Crippen LogP contribution in [0.5, 0.6) is 0 Å². The van der Waals surface area contributed by atoms with Gasteiger partial charge in [0.05, 0.1) is 11.4 Å². The molecule has 3 aromatic heterocycles. The Kier molecular flexibility index (Phi) is 5.40. The molecule has 0 radical (unpaired) electrons. The largest absolute Gasteiger partial charge is 0.351 e. The first-order valence-electron chi connectivity index (χ1n) is 8.80. The van der Waals surface area contributed by atoms with Gasteiger partial charge < -0.3 is 5.32 Å². The van der Waals surface area contributed by atoms with Crippen molar-refractivity contribution in [2.45, 2.75) is 25.5 Å². The number of aromatic nitrogens is 4. The lowest BCUT2D eigenvalue weighted by atomic mass is 10.1. The molecule has 1 N–H and O–H groups in total. The van der Waals surface area contributed by atoms with E-state index in [1.165, 1.54) is 22.9 Å². The van der Waals surface area contributed by atoms with Crippen molar-refractivity contribution in [1.29, 1.82) is 0 Å². The predicted molar refractivity (Wildman–Crippen MR) is 113 cm³/mol. The number of benzene rings is 1. The second-order valence-corrected chi connectivity index (χ2v) is 8.23. The Bertz CT molecular complexity index is 1120. The van der Waals surface area contributed by atoms with Crippen LogP contribution in [0, 0.1) is 13.8 Å². The SMILES string of the molecule is Cc1ccc(-c2csc3nnc(SCC(=O)NCc4cccnc4)n23)cc1C. The molecule has 4 rings (SSSR count). The molecule has 0 fully saturated rings. The first kappa shape index (κ1) is 18.6. The Morgan fingerprint density at radius 2 is 2.11 bits per heavy atom. The maximum Gasteiger partial charge on any atom is 0.230 e. The number of hydrogen-bond acceptors (Lipinski definition) is 6. The Hall–Kier alpha value is -2.71. The van der Waals surface area contributed by atoms with E-state index in [1.54, 1.807) is 23.7 Å². The van der Waals surface area contributed by atoms with Gasteiger partial charge in [0.1, 0.15) is 0 Å². The molecule has 0 saturated carbocycles. The summed E-state index contributed by atoms with van der Waals surface area (Å²) >= 11 is 2.94. The minimum absolute atomic E-state index is 0.0476. The van der Waals surface area contributed by atoms with E-state index < -0.39 is 0 Å². The lowest BCUT2D eigenvalue weighted by Crippen LogP contribution is -2.24. The zero-order valence-corrected chi connectivity index (χ0v) is 17.2. The number of carbonyl (C=O) groups excluding carboxylic acids is 1. The lowest BCUT2D eigenvalue weighted by molar-refractivity contribution is -0.118. The van der Waals surface area contributed by atoms with Gasteiger partial charge >= 0.3 is 0 Å². The highest BCUT2D eigenvalue weighted by atomic mass is 32.2. The Balaban J connectivity index is 1.48. The summed E-state index contributed by atoms with van der Waals surface area (Å²) in [4.78, 5) is 17.1. The number of hydrogen-bond donors (Lipinski definition) is 1. The van der Waals surface area contributed by atoms with Crippen LogP contribution < -0.4 is 5.32 Å². The third-order valence-electron chi connectivity index (χ3n) is 4.47. The van der Waals surface area contributed by atoms with Crippen molar-refractivity contribution in [3.63, 3.8) is 0 Å². The van der Waals surface area contributed by atoms with Gasteiger partial charge in [0, 0.05) is 24.3 Å². The van der Waals surface area contributed by atoms with E-state index in [9.17, 15) is 4.79 Å². The van der Waals surface area contributed by atoms with Gasteiger partial charge in [-0.15, -0.1) is 21.5 Å². The van der Waals surface area contributed by atoms with Crippen molar-refractivity contribution in [1.82, 2.24) is 24.9 Å². The molecule has 0 saturated heterocycles. The normalized spacial score (nSPS) is 11.1. The molecule has 1 amide bonds. The van der Waals surface area contributed by atoms with E-state index >= 15 is 0 Å². The molecule has 0 unspecified atom stereocenters.